The number of aromatic nitrogens is 1. The van der Waals surface area contributed by atoms with Crippen molar-refractivity contribution in [1.29, 1.82) is 0 Å². The Morgan fingerprint density at radius 3 is 2.58 bits per heavy atom. The van der Waals surface area contributed by atoms with Gasteiger partial charge >= 0.3 is 0 Å². The van der Waals surface area contributed by atoms with E-state index >= 15 is 0 Å². The van der Waals surface area contributed by atoms with E-state index in [0.717, 1.165) is 27.0 Å². The molecular formula is C15H16ClN2S+. The molecule has 0 amide bonds. The number of rotatable bonds is 0. The highest BCUT2D eigenvalue weighted by atomic mass is 35.5. The number of halogens is 1. The summed E-state index contributed by atoms with van der Waals surface area (Å²) in [5.41, 5.74) is 4.42. The van der Waals surface area contributed by atoms with Gasteiger partial charge in [-0.2, -0.15) is 0 Å². The van der Waals surface area contributed by atoms with Crippen LogP contribution in [0.2, 0.25) is 0 Å². The van der Waals surface area contributed by atoms with Gasteiger partial charge in [0.05, 0.1) is 20.8 Å². The van der Waals surface area contributed by atoms with Crippen LogP contribution >= 0.6 is 22.9 Å². The van der Waals surface area contributed by atoms with Gasteiger partial charge in [0.25, 0.3) is 0 Å². The van der Waals surface area contributed by atoms with Gasteiger partial charge in [0, 0.05) is 18.0 Å². The molecule has 1 heterocycles. The number of alkyl halides is 1. The van der Waals surface area contributed by atoms with Gasteiger partial charge in [0.2, 0.25) is 5.36 Å². The molecule has 0 unspecified atom stereocenters. The van der Waals surface area contributed by atoms with Gasteiger partial charge < -0.3 is 0 Å². The molecule has 1 aliphatic carbocycles. The Hall–Kier alpha value is -1.45. The summed E-state index contributed by atoms with van der Waals surface area (Å²) in [6.07, 6.45) is 1.47. The van der Waals surface area contributed by atoms with Gasteiger partial charge in [-0.05, 0) is 37.6 Å². The van der Waals surface area contributed by atoms with Crippen molar-refractivity contribution < 1.29 is 5.41 Å². The summed E-state index contributed by atoms with van der Waals surface area (Å²) in [5, 5.41) is 6.77. The normalized spacial score (nSPS) is 10.3. The second-order valence-electron chi connectivity index (χ2n) is 4.36. The first-order valence-corrected chi connectivity index (χ1v) is 7.49. The quantitative estimate of drug-likeness (QED) is 0.502. The molecule has 0 saturated carbocycles. The molecule has 4 heteroatoms. The summed E-state index contributed by atoms with van der Waals surface area (Å²) >= 11 is 6.38. The van der Waals surface area contributed by atoms with Gasteiger partial charge in [-0.15, -0.1) is 22.9 Å². The van der Waals surface area contributed by atoms with Crippen molar-refractivity contribution in [3.05, 3.63) is 46.8 Å². The maximum Gasteiger partial charge on any atom is 0.201 e. The average Bonchev–Trinajstić information content (AvgIpc) is 2.40. The first kappa shape index (κ1) is 14.0. The number of aryl methyl sites for hydroxylation is 2. The van der Waals surface area contributed by atoms with E-state index in [1.54, 1.807) is 11.3 Å². The van der Waals surface area contributed by atoms with Gasteiger partial charge in [-0.1, -0.05) is 6.07 Å². The van der Waals surface area contributed by atoms with Crippen LogP contribution in [0.25, 0.3) is 20.8 Å². The fourth-order valence-corrected chi connectivity index (χ4v) is 3.00. The monoisotopic (exact) mass is 291 g/mol. The summed E-state index contributed by atoms with van der Waals surface area (Å²) in [6, 6.07) is 10.4. The lowest BCUT2D eigenvalue weighted by atomic mass is 10.1. The van der Waals surface area contributed by atoms with Crippen molar-refractivity contribution in [2.75, 3.05) is 6.38 Å². The van der Waals surface area contributed by atoms with E-state index in [1.165, 1.54) is 16.6 Å². The van der Waals surface area contributed by atoms with E-state index < -0.39 is 0 Å². The predicted octanol–water partition coefficient (Wildman–Crippen LogP) is 2.53. The minimum Gasteiger partial charge on any atom is -0.254 e. The second kappa shape index (κ2) is 5.68. The summed E-state index contributed by atoms with van der Waals surface area (Å²) in [6.45, 7) is 4.11. The van der Waals surface area contributed by atoms with Crippen molar-refractivity contribution in [1.82, 2.24) is 4.98 Å². The van der Waals surface area contributed by atoms with Gasteiger partial charge in [0.15, 0.2) is 0 Å². The van der Waals surface area contributed by atoms with Crippen LogP contribution in [0.15, 0.2) is 30.3 Å². The number of benzene rings is 2. The fourth-order valence-electron chi connectivity index (χ4n) is 1.90. The average molecular weight is 292 g/mol. The van der Waals surface area contributed by atoms with Crippen molar-refractivity contribution >= 4 is 33.2 Å². The summed E-state index contributed by atoms with van der Waals surface area (Å²) < 4.78 is 1.21. The minimum atomic E-state index is 0.836. The third kappa shape index (κ3) is 2.77. The fraction of sp³-hybridized carbons (Fsp3) is 0.200. The van der Waals surface area contributed by atoms with Crippen LogP contribution in [-0.2, 0) is 0 Å². The molecule has 2 aliphatic rings. The van der Waals surface area contributed by atoms with Crippen molar-refractivity contribution in [3.8, 4) is 10.6 Å². The number of fused-ring (bicyclic) bond motifs is 2. The van der Waals surface area contributed by atoms with Crippen LogP contribution in [0, 0.1) is 13.8 Å². The molecule has 3 rings (SSSR count). The predicted molar refractivity (Wildman–Crippen MR) is 82.6 cm³/mol. The Balaban J connectivity index is 0.000000637. The maximum absolute atomic E-state index is 5.94. The zero-order valence-corrected chi connectivity index (χ0v) is 12.8. The van der Waals surface area contributed by atoms with E-state index in [4.69, 9.17) is 5.41 Å². The lowest BCUT2D eigenvalue weighted by Crippen LogP contribution is -2.46. The molecule has 0 bridgehead atoms. The zero-order valence-electron chi connectivity index (χ0n) is 11.2. The molecule has 2 N–H and O–H groups in total. The van der Waals surface area contributed by atoms with Gasteiger partial charge in [0.1, 0.15) is 0 Å². The van der Waals surface area contributed by atoms with Crippen LogP contribution in [0.4, 0.5) is 0 Å². The maximum atomic E-state index is 5.94. The SMILES string of the molecule is CCl.Cc1ccc2nc3cc(C)c(=[NH2+])cc-3sc2c1. The van der Waals surface area contributed by atoms with Crippen molar-refractivity contribution in [3.63, 3.8) is 0 Å². The lowest BCUT2D eigenvalue weighted by molar-refractivity contribution is -0.173. The Bertz CT molecular complexity index is 749. The van der Waals surface area contributed by atoms with Crippen LogP contribution in [0.5, 0.6) is 0 Å². The minimum absolute atomic E-state index is 0.836. The molecule has 1 aliphatic heterocycles. The summed E-state index contributed by atoms with van der Waals surface area (Å²) in [4.78, 5) is 5.82. The van der Waals surface area contributed by atoms with Gasteiger partial charge in [-0.25, -0.2) is 4.98 Å². The summed E-state index contributed by atoms with van der Waals surface area (Å²) in [7, 11) is 0. The molecule has 98 valence electrons. The molecule has 1 aromatic rings. The van der Waals surface area contributed by atoms with Crippen molar-refractivity contribution in [2.24, 2.45) is 0 Å². The largest absolute Gasteiger partial charge is 0.254 e. The number of nitrogens with two attached hydrogens (primary N) is 1. The zero-order chi connectivity index (χ0) is 14.0. The topological polar surface area (TPSA) is 38.5 Å². The van der Waals surface area contributed by atoms with E-state index in [9.17, 15) is 0 Å². The van der Waals surface area contributed by atoms with E-state index in [1.807, 2.05) is 13.0 Å². The van der Waals surface area contributed by atoms with E-state index in [-0.39, 0.29) is 0 Å². The Morgan fingerprint density at radius 2 is 1.84 bits per heavy atom. The van der Waals surface area contributed by atoms with E-state index in [2.05, 4.69) is 47.8 Å². The van der Waals surface area contributed by atoms with Crippen LogP contribution < -0.4 is 10.8 Å². The van der Waals surface area contributed by atoms with Gasteiger partial charge in [-0.3, -0.25) is 5.41 Å². The molecule has 0 saturated heterocycles. The number of nitrogens with zero attached hydrogens (tertiary/aromatic N) is 1. The molecule has 19 heavy (non-hydrogen) atoms. The lowest BCUT2D eigenvalue weighted by Gasteiger charge is -2.06. The highest BCUT2D eigenvalue weighted by Gasteiger charge is 2.09. The number of hydrogen-bond acceptors (Lipinski definition) is 2. The molecule has 0 fully saturated rings. The number of hydrogen-bond donors (Lipinski definition) is 1. The molecule has 0 atom stereocenters. The molecule has 2 nitrogen and oxygen atoms in total. The van der Waals surface area contributed by atoms with Crippen LogP contribution in [0.3, 0.4) is 0 Å². The summed E-state index contributed by atoms with van der Waals surface area (Å²) in [5.74, 6) is 0. The van der Waals surface area contributed by atoms with Crippen LogP contribution in [0.1, 0.15) is 11.1 Å². The third-order valence-electron chi connectivity index (χ3n) is 2.92. The van der Waals surface area contributed by atoms with Crippen molar-refractivity contribution in [2.45, 2.75) is 13.8 Å². The molecular weight excluding hydrogens is 276 g/mol. The highest BCUT2D eigenvalue weighted by Crippen LogP contribution is 2.30. The Kier molecular flexibility index (Phi) is 4.17. The Labute approximate surface area is 121 Å². The highest BCUT2D eigenvalue weighted by molar-refractivity contribution is 7.21. The molecule has 0 aromatic heterocycles. The third-order valence-corrected chi connectivity index (χ3v) is 4.02. The Morgan fingerprint density at radius 1 is 1.11 bits per heavy atom. The molecule has 0 radical (unpaired) electrons. The molecule has 1 aromatic carbocycles. The first-order chi connectivity index (χ1) is 9.13. The second-order valence-corrected chi connectivity index (χ2v) is 5.45. The first-order valence-electron chi connectivity index (χ1n) is 5.91. The molecule has 0 spiro atoms. The smallest absolute Gasteiger partial charge is 0.201 e. The van der Waals surface area contributed by atoms with E-state index in [0.29, 0.717) is 0 Å². The van der Waals surface area contributed by atoms with Crippen LogP contribution in [-0.4, -0.2) is 11.4 Å². The standard InChI is InChI=1S/C14H12N2S.CH3Cl/c1-8-3-4-11-13(5-8)17-14-7-10(15)9(2)6-12(14)16-11;1-2/h3-7,15H,1-2H3;1H3/p+1.